The molecule has 0 aliphatic heterocycles. The number of carboxylic acids is 1. The first kappa shape index (κ1) is 13.6. The molecule has 4 nitrogen and oxygen atoms in total. The van der Waals surface area contributed by atoms with Crippen LogP contribution in [0.5, 0.6) is 0 Å². The van der Waals surface area contributed by atoms with Crippen LogP contribution in [-0.2, 0) is 0 Å². The minimum atomic E-state index is -0.938. The first-order valence-corrected chi connectivity index (χ1v) is 6.78. The quantitative estimate of drug-likeness (QED) is 0.797. The van der Waals surface area contributed by atoms with E-state index in [0.717, 1.165) is 18.7 Å². The number of carboxylic acid groups (broad SMARTS) is 1. The third-order valence-electron chi connectivity index (χ3n) is 3.42. The van der Waals surface area contributed by atoms with Crippen LogP contribution in [0, 0.1) is 6.92 Å². The van der Waals surface area contributed by atoms with E-state index in [1.807, 2.05) is 6.92 Å². The van der Waals surface area contributed by atoms with Crippen molar-refractivity contribution in [3.05, 3.63) is 35.2 Å². The highest BCUT2D eigenvalue weighted by Crippen LogP contribution is 2.21. The maximum Gasteiger partial charge on any atom is 0.339 e. The third kappa shape index (κ3) is 3.81. The molecular formula is C15H20N2O2. The number of hydrogen-bond donors (Lipinski definition) is 2. The lowest BCUT2D eigenvalue weighted by Gasteiger charge is -2.14. The Morgan fingerprint density at radius 2 is 2.32 bits per heavy atom. The van der Waals surface area contributed by atoms with E-state index in [4.69, 9.17) is 5.11 Å². The van der Waals surface area contributed by atoms with Crippen molar-refractivity contribution in [2.24, 2.45) is 0 Å². The average Bonchev–Trinajstić information content (AvgIpc) is 2.39. The maximum atomic E-state index is 11.1. The molecule has 1 aromatic rings. The van der Waals surface area contributed by atoms with Crippen molar-refractivity contribution in [2.45, 2.75) is 39.0 Å². The second kappa shape index (κ2) is 6.36. The van der Waals surface area contributed by atoms with Crippen molar-refractivity contribution in [3.63, 3.8) is 0 Å². The number of hydrogen-bond acceptors (Lipinski definition) is 3. The predicted octanol–water partition coefficient (Wildman–Crippen LogP) is 3.39. The summed E-state index contributed by atoms with van der Waals surface area (Å²) in [5, 5.41) is 12.3. The van der Waals surface area contributed by atoms with Crippen molar-refractivity contribution >= 4 is 11.7 Å². The smallest absolute Gasteiger partial charge is 0.339 e. The fourth-order valence-corrected chi connectivity index (χ4v) is 2.37. The molecule has 102 valence electrons. The number of nitrogens with one attached hydrogen (secondary N) is 1. The predicted molar refractivity (Wildman–Crippen MR) is 75.6 cm³/mol. The lowest BCUT2D eigenvalue weighted by molar-refractivity contribution is 0.0697. The Bertz CT molecular complexity index is 495. The molecule has 0 aromatic carbocycles. The topological polar surface area (TPSA) is 62.2 Å². The lowest BCUT2D eigenvalue weighted by atomic mass is 9.97. The number of pyridine rings is 1. The summed E-state index contributed by atoms with van der Waals surface area (Å²) in [5.74, 6) is -0.938. The second-order valence-corrected chi connectivity index (χ2v) is 4.96. The van der Waals surface area contributed by atoms with E-state index in [1.165, 1.54) is 37.5 Å². The third-order valence-corrected chi connectivity index (χ3v) is 3.42. The molecule has 0 bridgehead atoms. The van der Waals surface area contributed by atoms with Crippen LogP contribution in [0.3, 0.4) is 0 Å². The maximum absolute atomic E-state index is 11.1. The molecule has 0 saturated heterocycles. The van der Waals surface area contributed by atoms with Crippen LogP contribution in [0.4, 0.5) is 5.69 Å². The van der Waals surface area contributed by atoms with Gasteiger partial charge in [-0.1, -0.05) is 11.6 Å². The molecule has 1 heterocycles. The van der Waals surface area contributed by atoms with Crippen LogP contribution >= 0.6 is 0 Å². The van der Waals surface area contributed by atoms with Gasteiger partial charge in [-0.05, 0) is 45.1 Å². The summed E-state index contributed by atoms with van der Waals surface area (Å²) in [5.41, 5.74) is 3.21. The Labute approximate surface area is 113 Å². The zero-order chi connectivity index (χ0) is 13.7. The fraction of sp³-hybridized carbons (Fsp3) is 0.467. The van der Waals surface area contributed by atoms with Gasteiger partial charge in [0.25, 0.3) is 0 Å². The van der Waals surface area contributed by atoms with Gasteiger partial charge in [-0.2, -0.15) is 0 Å². The van der Waals surface area contributed by atoms with E-state index in [-0.39, 0.29) is 5.56 Å². The average molecular weight is 260 g/mol. The zero-order valence-electron chi connectivity index (χ0n) is 11.3. The summed E-state index contributed by atoms with van der Waals surface area (Å²) >= 11 is 0. The van der Waals surface area contributed by atoms with Gasteiger partial charge in [0, 0.05) is 18.4 Å². The molecular weight excluding hydrogens is 240 g/mol. The Hall–Kier alpha value is -1.84. The molecule has 0 saturated carbocycles. The number of aromatic carboxylic acids is 1. The van der Waals surface area contributed by atoms with Crippen molar-refractivity contribution in [2.75, 3.05) is 11.9 Å². The minimum Gasteiger partial charge on any atom is -0.478 e. The van der Waals surface area contributed by atoms with E-state index in [0.29, 0.717) is 5.69 Å². The minimum absolute atomic E-state index is 0.239. The van der Waals surface area contributed by atoms with Gasteiger partial charge < -0.3 is 10.4 Å². The number of aryl methyl sites for hydroxylation is 1. The van der Waals surface area contributed by atoms with E-state index < -0.39 is 5.97 Å². The molecule has 4 heteroatoms. The molecule has 1 aliphatic rings. The van der Waals surface area contributed by atoms with Gasteiger partial charge in [0.05, 0.1) is 5.69 Å². The second-order valence-electron chi connectivity index (χ2n) is 4.96. The summed E-state index contributed by atoms with van der Waals surface area (Å²) in [6.07, 6.45) is 9.67. The number of allylic oxidation sites excluding steroid dienone is 1. The monoisotopic (exact) mass is 260 g/mol. The Balaban J connectivity index is 1.96. The van der Waals surface area contributed by atoms with Crippen molar-refractivity contribution < 1.29 is 9.90 Å². The van der Waals surface area contributed by atoms with Crippen molar-refractivity contribution in [1.29, 1.82) is 0 Å². The van der Waals surface area contributed by atoms with E-state index in [2.05, 4.69) is 16.4 Å². The molecule has 0 spiro atoms. The molecule has 1 aromatic heterocycles. The van der Waals surface area contributed by atoms with Crippen LogP contribution in [0.1, 0.15) is 48.2 Å². The molecule has 0 fully saturated rings. The highest BCUT2D eigenvalue weighted by atomic mass is 16.4. The SMILES string of the molecule is Cc1cc(NCCC2=CCCCC2)c(C(=O)O)cn1. The number of anilines is 1. The number of carbonyl (C=O) groups is 1. The normalized spacial score (nSPS) is 14.9. The Kier molecular flexibility index (Phi) is 4.55. The number of aromatic nitrogens is 1. The number of rotatable bonds is 5. The van der Waals surface area contributed by atoms with Crippen LogP contribution < -0.4 is 5.32 Å². The Morgan fingerprint density at radius 3 is 3.00 bits per heavy atom. The highest BCUT2D eigenvalue weighted by molar-refractivity contribution is 5.93. The highest BCUT2D eigenvalue weighted by Gasteiger charge is 2.11. The molecule has 0 atom stereocenters. The number of nitrogens with zero attached hydrogens (tertiary/aromatic N) is 1. The summed E-state index contributed by atoms with van der Waals surface area (Å²) < 4.78 is 0. The first-order valence-electron chi connectivity index (χ1n) is 6.78. The van der Waals surface area contributed by atoms with Crippen LogP contribution in [0.15, 0.2) is 23.9 Å². The molecule has 2 N–H and O–H groups in total. The Morgan fingerprint density at radius 1 is 1.47 bits per heavy atom. The van der Waals surface area contributed by atoms with Crippen LogP contribution in [0.2, 0.25) is 0 Å². The van der Waals surface area contributed by atoms with Gasteiger partial charge in [0.1, 0.15) is 5.56 Å². The standard InChI is InChI=1S/C15H20N2O2/c1-11-9-14(13(10-17-11)15(18)19)16-8-7-12-5-3-2-4-6-12/h5,9-10H,2-4,6-8H2,1H3,(H,16,17)(H,18,19). The van der Waals surface area contributed by atoms with Crippen LogP contribution in [0.25, 0.3) is 0 Å². The van der Waals surface area contributed by atoms with Gasteiger partial charge in [0.2, 0.25) is 0 Å². The van der Waals surface area contributed by atoms with Crippen molar-refractivity contribution in [3.8, 4) is 0 Å². The van der Waals surface area contributed by atoms with Gasteiger partial charge in [-0.25, -0.2) is 4.79 Å². The molecule has 2 rings (SSSR count). The largest absolute Gasteiger partial charge is 0.478 e. The van der Waals surface area contributed by atoms with Gasteiger partial charge in [-0.15, -0.1) is 0 Å². The van der Waals surface area contributed by atoms with E-state index in [1.54, 1.807) is 6.07 Å². The summed E-state index contributed by atoms with van der Waals surface area (Å²) in [6, 6.07) is 1.79. The zero-order valence-corrected chi connectivity index (χ0v) is 11.3. The molecule has 0 unspecified atom stereocenters. The van der Waals surface area contributed by atoms with Gasteiger partial charge in [-0.3, -0.25) is 4.98 Å². The van der Waals surface area contributed by atoms with Gasteiger partial charge >= 0.3 is 5.97 Å². The van der Waals surface area contributed by atoms with E-state index >= 15 is 0 Å². The first-order chi connectivity index (χ1) is 9.16. The van der Waals surface area contributed by atoms with Crippen LogP contribution in [-0.4, -0.2) is 22.6 Å². The van der Waals surface area contributed by atoms with Crippen molar-refractivity contribution in [1.82, 2.24) is 4.98 Å². The molecule has 19 heavy (non-hydrogen) atoms. The summed E-state index contributed by atoms with van der Waals surface area (Å²) in [7, 11) is 0. The lowest BCUT2D eigenvalue weighted by Crippen LogP contribution is -2.10. The summed E-state index contributed by atoms with van der Waals surface area (Å²) in [4.78, 5) is 15.1. The fourth-order valence-electron chi connectivity index (χ4n) is 2.37. The molecule has 0 amide bonds. The molecule has 1 aliphatic carbocycles. The summed E-state index contributed by atoms with van der Waals surface area (Å²) in [6.45, 7) is 2.63. The van der Waals surface area contributed by atoms with E-state index in [9.17, 15) is 4.79 Å². The molecule has 0 radical (unpaired) electrons. The van der Waals surface area contributed by atoms with Gasteiger partial charge in [0.15, 0.2) is 0 Å².